The van der Waals surface area contributed by atoms with Gasteiger partial charge in [0.2, 0.25) is 5.91 Å². The molecule has 3 N–H and O–H groups in total. The molecular formula is C13H25ClN2O3S. The molecule has 0 radical (unpaired) electrons. The van der Waals surface area contributed by atoms with E-state index in [4.69, 9.17) is 5.73 Å². The first-order valence-corrected chi connectivity index (χ1v) is 9.05. The lowest BCUT2D eigenvalue weighted by Gasteiger charge is -2.30. The van der Waals surface area contributed by atoms with E-state index in [1.54, 1.807) is 0 Å². The van der Waals surface area contributed by atoms with Crippen LogP contribution in [-0.4, -0.2) is 38.4 Å². The number of hydrogen-bond donors (Lipinski definition) is 2. The molecule has 7 heteroatoms. The van der Waals surface area contributed by atoms with Crippen molar-refractivity contribution in [3.8, 4) is 0 Å². The summed E-state index contributed by atoms with van der Waals surface area (Å²) in [6.45, 7) is 0.440. The van der Waals surface area contributed by atoms with E-state index in [0.29, 0.717) is 18.9 Å². The van der Waals surface area contributed by atoms with Crippen LogP contribution in [0.25, 0.3) is 0 Å². The molecule has 1 saturated heterocycles. The maximum Gasteiger partial charge on any atom is 0.224 e. The van der Waals surface area contributed by atoms with Gasteiger partial charge in [0.1, 0.15) is 0 Å². The van der Waals surface area contributed by atoms with E-state index >= 15 is 0 Å². The maximum absolute atomic E-state index is 12.1. The summed E-state index contributed by atoms with van der Waals surface area (Å²) in [5.41, 5.74) is 5.77. The maximum atomic E-state index is 12.1. The van der Waals surface area contributed by atoms with Gasteiger partial charge in [0.15, 0.2) is 9.84 Å². The van der Waals surface area contributed by atoms with Crippen molar-refractivity contribution in [1.82, 2.24) is 5.32 Å². The minimum absolute atomic E-state index is 0. The fourth-order valence-corrected chi connectivity index (χ4v) is 4.95. The van der Waals surface area contributed by atoms with E-state index < -0.39 is 9.84 Å². The zero-order chi connectivity index (χ0) is 13.9. The zero-order valence-electron chi connectivity index (χ0n) is 11.7. The van der Waals surface area contributed by atoms with Gasteiger partial charge in [0, 0.05) is 12.6 Å². The summed E-state index contributed by atoms with van der Waals surface area (Å²) < 4.78 is 22.8. The molecular weight excluding hydrogens is 300 g/mol. The summed E-state index contributed by atoms with van der Waals surface area (Å²) in [4.78, 5) is 12.1. The van der Waals surface area contributed by atoms with Crippen LogP contribution >= 0.6 is 12.4 Å². The first-order chi connectivity index (χ1) is 9.02. The minimum atomic E-state index is -3.00. The summed E-state index contributed by atoms with van der Waals surface area (Å²) >= 11 is 0. The fraction of sp³-hybridized carbons (Fsp3) is 0.923. The smallest absolute Gasteiger partial charge is 0.224 e. The number of rotatable bonds is 4. The highest BCUT2D eigenvalue weighted by Gasteiger charge is 2.34. The SMILES string of the molecule is Cl.NCC(NC(=O)C1CCS(=O)(=O)C1)C1CCCCC1. The van der Waals surface area contributed by atoms with Crippen molar-refractivity contribution in [1.29, 1.82) is 0 Å². The Morgan fingerprint density at radius 2 is 1.85 bits per heavy atom. The average molecular weight is 325 g/mol. The molecule has 2 fully saturated rings. The van der Waals surface area contributed by atoms with Gasteiger partial charge in [-0.25, -0.2) is 8.42 Å². The Balaban J connectivity index is 0.00000200. The first-order valence-electron chi connectivity index (χ1n) is 7.22. The number of hydrogen-bond acceptors (Lipinski definition) is 4. The summed E-state index contributed by atoms with van der Waals surface area (Å²) in [6, 6.07) is 0.0103. The van der Waals surface area contributed by atoms with E-state index in [9.17, 15) is 13.2 Å². The monoisotopic (exact) mass is 324 g/mol. The fourth-order valence-electron chi connectivity index (χ4n) is 3.21. The van der Waals surface area contributed by atoms with Gasteiger partial charge < -0.3 is 11.1 Å². The molecule has 0 bridgehead atoms. The Hall–Kier alpha value is -0.330. The number of carbonyl (C=O) groups excluding carboxylic acids is 1. The predicted molar refractivity (Wildman–Crippen MR) is 81.6 cm³/mol. The third kappa shape index (κ3) is 4.60. The molecule has 2 aliphatic rings. The molecule has 0 aromatic rings. The first kappa shape index (κ1) is 17.7. The molecule has 2 rings (SSSR count). The van der Waals surface area contributed by atoms with Gasteiger partial charge in [0.05, 0.1) is 17.4 Å². The molecule has 1 heterocycles. The number of carbonyl (C=O) groups is 1. The van der Waals surface area contributed by atoms with Crippen molar-refractivity contribution in [3.63, 3.8) is 0 Å². The second-order valence-corrected chi connectivity index (χ2v) is 8.08. The Morgan fingerprint density at radius 1 is 1.20 bits per heavy atom. The molecule has 2 atom stereocenters. The number of halogens is 1. The molecule has 20 heavy (non-hydrogen) atoms. The molecule has 0 spiro atoms. The summed E-state index contributed by atoms with van der Waals surface area (Å²) in [6.07, 6.45) is 6.36. The van der Waals surface area contributed by atoms with Gasteiger partial charge in [-0.3, -0.25) is 4.79 Å². The summed E-state index contributed by atoms with van der Waals surface area (Å²) in [5, 5.41) is 2.99. The van der Waals surface area contributed by atoms with Crippen LogP contribution in [0.1, 0.15) is 38.5 Å². The van der Waals surface area contributed by atoms with Gasteiger partial charge in [-0.2, -0.15) is 0 Å². The molecule has 1 saturated carbocycles. The number of nitrogens with one attached hydrogen (secondary N) is 1. The Morgan fingerprint density at radius 3 is 2.35 bits per heavy atom. The van der Waals surface area contributed by atoms with E-state index in [1.165, 1.54) is 19.3 Å². The number of amides is 1. The standard InChI is InChI=1S/C13H24N2O3S.ClH/c14-8-12(10-4-2-1-3-5-10)15-13(16)11-6-7-19(17,18)9-11;/h10-12H,1-9,14H2,(H,15,16);1H. The van der Waals surface area contributed by atoms with Gasteiger partial charge in [-0.05, 0) is 25.2 Å². The second kappa shape index (κ2) is 7.61. The normalized spacial score (nSPS) is 27.6. The highest BCUT2D eigenvalue weighted by atomic mass is 35.5. The lowest BCUT2D eigenvalue weighted by Crippen LogP contribution is -2.48. The Bertz CT molecular complexity index is 421. The second-order valence-electron chi connectivity index (χ2n) is 5.85. The van der Waals surface area contributed by atoms with Crippen LogP contribution in [0.2, 0.25) is 0 Å². The lowest BCUT2D eigenvalue weighted by molar-refractivity contribution is -0.125. The topological polar surface area (TPSA) is 89.3 Å². The quantitative estimate of drug-likeness (QED) is 0.803. The van der Waals surface area contributed by atoms with E-state index in [2.05, 4.69) is 5.32 Å². The Kier molecular flexibility index (Phi) is 6.75. The van der Waals surface area contributed by atoms with Gasteiger partial charge in [-0.1, -0.05) is 19.3 Å². The van der Waals surface area contributed by atoms with Crippen LogP contribution in [0, 0.1) is 11.8 Å². The van der Waals surface area contributed by atoms with Crippen molar-refractivity contribution in [2.75, 3.05) is 18.1 Å². The number of nitrogens with two attached hydrogens (primary N) is 1. The molecule has 1 aliphatic heterocycles. The lowest BCUT2D eigenvalue weighted by atomic mass is 9.83. The molecule has 1 aliphatic carbocycles. The van der Waals surface area contributed by atoms with Crippen LogP contribution in [0.4, 0.5) is 0 Å². The third-order valence-electron chi connectivity index (χ3n) is 4.40. The number of sulfone groups is 1. The van der Waals surface area contributed by atoms with Crippen molar-refractivity contribution in [2.45, 2.75) is 44.6 Å². The highest BCUT2D eigenvalue weighted by Crippen LogP contribution is 2.27. The van der Waals surface area contributed by atoms with Crippen LogP contribution in [-0.2, 0) is 14.6 Å². The van der Waals surface area contributed by atoms with Crippen LogP contribution in [0.5, 0.6) is 0 Å². The van der Waals surface area contributed by atoms with Crippen molar-refractivity contribution in [3.05, 3.63) is 0 Å². The van der Waals surface area contributed by atoms with Gasteiger partial charge >= 0.3 is 0 Å². The van der Waals surface area contributed by atoms with Crippen LogP contribution in [0.15, 0.2) is 0 Å². The summed E-state index contributed by atoms with van der Waals surface area (Å²) in [5.74, 6) is 0.105. The molecule has 2 unspecified atom stereocenters. The van der Waals surface area contributed by atoms with E-state index in [-0.39, 0.29) is 41.8 Å². The van der Waals surface area contributed by atoms with Crippen molar-refractivity contribution >= 4 is 28.2 Å². The largest absolute Gasteiger partial charge is 0.352 e. The molecule has 118 valence electrons. The van der Waals surface area contributed by atoms with Crippen molar-refractivity contribution < 1.29 is 13.2 Å². The third-order valence-corrected chi connectivity index (χ3v) is 6.17. The van der Waals surface area contributed by atoms with Crippen LogP contribution in [0.3, 0.4) is 0 Å². The van der Waals surface area contributed by atoms with E-state index in [1.807, 2.05) is 0 Å². The zero-order valence-corrected chi connectivity index (χ0v) is 13.3. The molecule has 0 aromatic carbocycles. The Labute approximate surface area is 127 Å². The van der Waals surface area contributed by atoms with E-state index in [0.717, 1.165) is 12.8 Å². The van der Waals surface area contributed by atoms with Crippen LogP contribution < -0.4 is 11.1 Å². The molecule has 5 nitrogen and oxygen atoms in total. The van der Waals surface area contributed by atoms with Gasteiger partial charge in [-0.15, -0.1) is 12.4 Å². The predicted octanol–water partition coefficient (Wildman–Crippen LogP) is 0.867. The molecule has 1 amide bonds. The molecule has 0 aromatic heterocycles. The van der Waals surface area contributed by atoms with Crippen molar-refractivity contribution in [2.24, 2.45) is 17.6 Å². The highest BCUT2D eigenvalue weighted by molar-refractivity contribution is 7.91. The van der Waals surface area contributed by atoms with Gasteiger partial charge in [0.25, 0.3) is 0 Å². The average Bonchev–Trinajstić information content (AvgIpc) is 2.77. The minimum Gasteiger partial charge on any atom is -0.352 e. The summed E-state index contributed by atoms with van der Waals surface area (Å²) in [7, 11) is -3.00.